The van der Waals surface area contributed by atoms with E-state index < -0.39 is 5.82 Å². The maximum absolute atomic E-state index is 13.3. The molecule has 7 heteroatoms. The third kappa shape index (κ3) is 5.30. The van der Waals surface area contributed by atoms with Crippen molar-refractivity contribution in [1.82, 2.24) is 9.80 Å². The maximum Gasteiger partial charge on any atom is 0.260 e. The fraction of sp³-hybridized carbons (Fsp3) is 0.333. The number of halogens is 2. The molecule has 2 aromatic rings. The molecule has 0 spiro atoms. The molecule has 148 valence electrons. The van der Waals surface area contributed by atoms with E-state index in [4.69, 9.17) is 16.3 Å². The van der Waals surface area contributed by atoms with Gasteiger partial charge in [0.2, 0.25) is 0 Å². The van der Waals surface area contributed by atoms with Crippen LogP contribution in [-0.4, -0.2) is 54.3 Å². The standard InChI is InChI=1S/C21H22ClFN2O3/c1-15(26)19-12-18(23)5-6-20(19)28-14-21(27)25-9-7-24(8-10-25)13-16-3-2-4-17(22)11-16/h2-6,11-12H,7-10,13-14H2,1H3. The lowest BCUT2D eigenvalue weighted by Gasteiger charge is -2.34. The number of carbonyl (C=O) groups is 2. The first-order valence-electron chi connectivity index (χ1n) is 9.10. The quantitative estimate of drug-likeness (QED) is 0.692. The van der Waals surface area contributed by atoms with Crippen LogP contribution in [0.5, 0.6) is 5.75 Å². The molecule has 1 amide bonds. The minimum atomic E-state index is -0.514. The van der Waals surface area contributed by atoms with Crippen molar-refractivity contribution in [2.24, 2.45) is 0 Å². The van der Waals surface area contributed by atoms with Gasteiger partial charge in [-0.25, -0.2) is 4.39 Å². The largest absolute Gasteiger partial charge is 0.483 e. The van der Waals surface area contributed by atoms with Gasteiger partial charge in [0.05, 0.1) is 5.56 Å². The van der Waals surface area contributed by atoms with Gasteiger partial charge in [-0.3, -0.25) is 14.5 Å². The second-order valence-corrected chi connectivity index (χ2v) is 7.21. The molecule has 28 heavy (non-hydrogen) atoms. The Morgan fingerprint density at radius 1 is 1.11 bits per heavy atom. The smallest absolute Gasteiger partial charge is 0.260 e. The molecule has 0 bridgehead atoms. The van der Waals surface area contributed by atoms with Gasteiger partial charge in [0.25, 0.3) is 5.91 Å². The van der Waals surface area contributed by atoms with Crippen LogP contribution >= 0.6 is 11.6 Å². The lowest BCUT2D eigenvalue weighted by atomic mass is 10.1. The number of ether oxygens (including phenoxy) is 1. The van der Waals surface area contributed by atoms with Crippen molar-refractivity contribution in [3.63, 3.8) is 0 Å². The second kappa shape index (κ2) is 9.17. The number of nitrogens with zero attached hydrogens (tertiary/aromatic N) is 2. The van der Waals surface area contributed by atoms with Crippen LogP contribution in [0.4, 0.5) is 4.39 Å². The number of rotatable bonds is 6. The zero-order valence-corrected chi connectivity index (χ0v) is 16.4. The Morgan fingerprint density at radius 2 is 1.86 bits per heavy atom. The summed E-state index contributed by atoms with van der Waals surface area (Å²) in [5, 5.41) is 0.717. The highest BCUT2D eigenvalue weighted by Crippen LogP contribution is 2.20. The fourth-order valence-electron chi connectivity index (χ4n) is 3.18. The number of piperazine rings is 1. The molecule has 1 aliphatic rings. The van der Waals surface area contributed by atoms with Crippen LogP contribution in [-0.2, 0) is 11.3 Å². The molecule has 0 atom stereocenters. The minimum Gasteiger partial charge on any atom is -0.483 e. The number of ketones is 1. The molecule has 1 aliphatic heterocycles. The Morgan fingerprint density at radius 3 is 2.54 bits per heavy atom. The molecule has 2 aromatic carbocycles. The third-order valence-electron chi connectivity index (χ3n) is 4.69. The molecule has 0 saturated carbocycles. The normalized spacial score (nSPS) is 14.8. The fourth-order valence-corrected chi connectivity index (χ4v) is 3.40. The van der Waals surface area contributed by atoms with E-state index in [0.717, 1.165) is 31.3 Å². The predicted octanol–water partition coefficient (Wildman–Crippen LogP) is 3.40. The summed E-state index contributed by atoms with van der Waals surface area (Å²) in [6.07, 6.45) is 0. The molecule has 1 heterocycles. The third-order valence-corrected chi connectivity index (χ3v) is 4.93. The van der Waals surface area contributed by atoms with E-state index in [1.807, 2.05) is 24.3 Å². The lowest BCUT2D eigenvalue weighted by Crippen LogP contribution is -2.49. The van der Waals surface area contributed by atoms with Crippen molar-refractivity contribution in [2.45, 2.75) is 13.5 Å². The van der Waals surface area contributed by atoms with Gasteiger partial charge < -0.3 is 9.64 Å². The zero-order valence-electron chi connectivity index (χ0n) is 15.7. The molecule has 0 radical (unpaired) electrons. The highest BCUT2D eigenvalue weighted by Gasteiger charge is 2.22. The number of hydrogen-bond acceptors (Lipinski definition) is 4. The van der Waals surface area contributed by atoms with Gasteiger partial charge >= 0.3 is 0 Å². The minimum absolute atomic E-state index is 0.138. The van der Waals surface area contributed by atoms with E-state index in [9.17, 15) is 14.0 Å². The van der Waals surface area contributed by atoms with Gasteiger partial charge in [0, 0.05) is 37.7 Å². The van der Waals surface area contributed by atoms with Crippen LogP contribution in [0.3, 0.4) is 0 Å². The van der Waals surface area contributed by atoms with Crippen molar-refractivity contribution in [2.75, 3.05) is 32.8 Å². The molecule has 0 aliphatic carbocycles. The first-order valence-corrected chi connectivity index (χ1v) is 9.48. The van der Waals surface area contributed by atoms with Gasteiger partial charge in [0.15, 0.2) is 12.4 Å². The van der Waals surface area contributed by atoms with Crippen LogP contribution in [0.2, 0.25) is 5.02 Å². The average molecular weight is 405 g/mol. The maximum atomic E-state index is 13.3. The molecular formula is C21H22ClFN2O3. The van der Waals surface area contributed by atoms with E-state index >= 15 is 0 Å². The Kier molecular flexibility index (Phi) is 6.65. The summed E-state index contributed by atoms with van der Waals surface area (Å²) in [4.78, 5) is 28.1. The van der Waals surface area contributed by atoms with Crippen LogP contribution in [0.1, 0.15) is 22.8 Å². The van der Waals surface area contributed by atoms with Gasteiger partial charge in [-0.05, 0) is 42.8 Å². The summed E-state index contributed by atoms with van der Waals surface area (Å²) in [7, 11) is 0. The van der Waals surface area contributed by atoms with Gasteiger partial charge in [-0.1, -0.05) is 23.7 Å². The van der Waals surface area contributed by atoms with Crippen molar-refractivity contribution in [3.8, 4) is 5.75 Å². The molecule has 0 unspecified atom stereocenters. The summed E-state index contributed by atoms with van der Waals surface area (Å²) < 4.78 is 18.8. The number of amides is 1. The highest BCUT2D eigenvalue weighted by molar-refractivity contribution is 6.30. The number of hydrogen-bond donors (Lipinski definition) is 0. The second-order valence-electron chi connectivity index (χ2n) is 6.77. The van der Waals surface area contributed by atoms with Crippen LogP contribution in [0.25, 0.3) is 0 Å². The lowest BCUT2D eigenvalue weighted by molar-refractivity contribution is -0.135. The van der Waals surface area contributed by atoms with Crippen LogP contribution < -0.4 is 4.74 Å². The Hall–Kier alpha value is -2.44. The van der Waals surface area contributed by atoms with Crippen molar-refractivity contribution in [3.05, 3.63) is 64.4 Å². The van der Waals surface area contributed by atoms with E-state index in [2.05, 4.69) is 4.90 Å². The number of Topliss-reactive ketones (excluding diaryl/α,β-unsaturated/α-hetero) is 1. The highest BCUT2D eigenvalue weighted by atomic mass is 35.5. The first-order chi connectivity index (χ1) is 13.4. The SMILES string of the molecule is CC(=O)c1cc(F)ccc1OCC(=O)N1CCN(Cc2cccc(Cl)c2)CC1. The van der Waals surface area contributed by atoms with Crippen LogP contribution in [0, 0.1) is 5.82 Å². The summed E-state index contributed by atoms with van der Waals surface area (Å²) in [5.41, 5.74) is 1.28. The van der Waals surface area contributed by atoms with Crippen molar-refractivity contribution < 1.29 is 18.7 Å². The van der Waals surface area contributed by atoms with E-state index in [0.29, 0.717) is 18.1 Å². The summed E-state index contributed by atoms with van der Waals surface area (Å²) >= 11 is 6.02. The first kappa shape index (κ1) is 20.3. The summed E-state index contributed by atoms with van der Waals surface area (Å²) in [6, 6.07) is 11.5. The number of benzene rings is 2. The van der Waals surface area contributed by atoms with Gasteiger partial charge in [-0.2, -0.15) is 0 Å². The number of carbonyl (C=O) groups excluding carboxylic acids is 2. The van der Waals surface area contributed by atoms with Crippen molar-refractivity contribution >= 4 is 23.3 Å². The average Bonchev–Trinajstić information content (AvgIpc) is 2.67. The molecule has 0 aromatic heterocycles. The topological polar surface area (TPSA) is 49.9 Å². The molecular weight excluding hydrogens is 383 g/mol. The molecule has 1 saturated heterocycles. The monoisotopic (exact) mass is 404 g/mol. The Labute approximate surface area is 168 Å². The van der Waals surface area contributed by atoms with E-state index in [1.165, 1.54) is 19.1 Å². The van der Waals surface area contributed by atoms with Gasteiger partial charge in [-0.15, -0.1) is 0 Å². The Balaban J connectivity index is 1.50. The molecule has 0 N–H and O–H groups in total. The molecule has 1 fully saturated rings. The summed E-state index contributed by atoms with van der Waals surface area (Å²) in [6.45, 7) is 4.66. The van der Waals surface area contributed by atoms with Crippen molar-refractivity contribution in [1.29, 1.82) is 0 Å². The van der Waals surface area contributed by atoms with Gasteiger partial charge in [0.1, 0.15) is 11.6 Å². The van der Waals surface area contributed by atoms with E-state index in [1.54, 1.807) is 4.90 Å². The molecule has 3 rings (SSSR count). The summed E-state index contributed by atoms with van der Waals surface area (Å²) in [5.74, 6) is -0.751. The Bertz CT molecular complexity index is 866. The van der Waals surface area contributed by atoms with Crippen LogP contribution in [0.15, 0.2) is 42.5 Å². The predicted molar refractivity (Wildman–Crippen MR) is 105 cm³/mol. The zero-order chi connectivity index (χ0) is 20.1. The molecule has 5 nitrogen and oxygen atoms in total. The van der Waals surface area contributed by atoms with E-state index in [-0.39, 0.29) is 29.6 Å².